The Labute approximate surface area is 184 Å². The van der Waals surface area contributed by atoms with Crippen LogP contribution in [0.15, 0.2) is 121 Å². The molecular weight excluding hydrogens is 380 g/mol. The van der Waals surface area contributed by atoms with Gasteiger partial charge in [0.1, 0.15) is 6.17 Å². The summed E-state index contributed by atoms with van der Waals surface area (Å²) < 4.78 is 0. The fourth-order valence-electron chi connectivity index (χ4n) is 3.89. The molecule has 1 amide bonds. The Hall–Kier alpha value is -3.69. The number of carbonyl (C=O) groups excluding carboxylic acids is 1. The van der Waals surface area contributed by atoms with Gasteiger partial charge in [-0.3, -0.25) is 15.0 Å². The molecule has 0 aliphatic rings. The molecule has 3 nitrogen and oxygen atoms in total. The molecule has 0 spiro atoms. The molecule has 4 aromatic carbocycles. The largest absolute Gasteiger partial charge is 0.292 e. The highest BCUT2D eigenvalue weighted by Crippen LogP contribution is 2.31. The SMILES string of the molecule is CC(=O)N(c1ccccc1)C(NC(c1ccccc1)c1ccccc1)c1ccccc1. The second kappa shape index (κ2) is 9.88. The van der Waals surface area contributed by atoms with Gasteiger partial charge in [0.25, 0.3) is 0 Å². The standard InChI is InChI=1S/C28H26N2O/c1-22(31)30(26-20-12-5-13-21-26)28(25-18-10-4-11-19-25)29-27(23-14-6-2-7-15-23)24-16-8-3-9-17-24/h2-21,27-29H,1H3. The van der Waals surface area contributed by atoms with Crippen molar-refractivity contribution in [2.45, 2.75) is 19.1 Å². The summed E-state index contributed by atoms with van der Waals surface area (Å²) >= 11 is 0. The number of hydrogen-bond donors (Lipinski definition) is 1. The van der Waals surface area contributed by atoms with Gasteiger partial charge in [-0.2, -0.15) is 0 Å². The van der Waals surface area contributed by atoms with Crippen LogP contribution in [0, 0.1) is 0 Å². The van der Waals surface area contributed by atoms with Crippen molar-refractivity contribution in [3.8, 4) is 0 Å². The van der Waals surface area contributed by atoms with Crippen molar-refractivity contribution < 1.29 is 4.79 Å². The van der Waals surface area contributed by atoms with Gasteiger partial charge in [0, 0.05) is 12.6 Å². The Morgan fingerprint density at radius 3 is 1.42 bits per heavy atom. The molecule has 3 heteroatoms. The van der Waals surface area contributed by atoms with Crippen molar-refractivity contribution in [3.05, 3.63) is 138 Å². The summed E-state index contributed by atoms with van der Waals surface area (Å²) in [6, 6.07) is 40.6. The van der Waals surface area contributed by atoms with Gasteiger partial charge in [-0.25, -0.2) is 0 Å². The summed E-state index contributed by atoms with van der Waals surface area (Å²) in [6.07, 6.45) is -0.341. The van der Waals surface area contributed by atoms with Gasteiger partial charge in [0.2, 0.25) is 5.91 Å². The molecule has 0 saturated carbocycles. The number of nitrogens with zero attached hydrogens (tertiary/aromatic N) is 1. The zero-order valence-electron chi connectivity index (χ0n) is 17.6. The van der Waals surface area contributed by atoms with Crippen LogP contribution in [0.3, 0.4) is 0 Å². The summed E-state index contributed by atoms with van der Waals surface area (Å²) in [5.74, 6) is -0.0209. The number of benzene rings is 4. The van der Waals surface area contributed by atoms with E-state index in [1.807, 2.05) is 89.8 Å². The van der Waals surface area contributed by atoms with Crippen LogP contribution in [0.2, 0.25) is 0 Å². The molecule has 0 bridgehead atoms. The monoisotopic (exact) mass is 406 g/mol. The number of nitrogens with one attached hydrogen (secondary N) is 1. The van der Waals surface area contributed by atoms with Crippen LogP contribution in [0.5, 0.6) is 0 Å². The number of para-hydroxylation sites is 1. The van der Waals surface area contributed by atoms with Crippen molar-refractivity contribution in [1.82, 2.24) is 5.32 Å². The van der Waals surface area contributed by atoms with E-state index in [4.69, 9.17) is 0 Å². The summed E-state index contributed by atoms with van der Waals surface area (Å²) in [6.45, 7) is 1.62. The predicted molar refractivity (Wildman–Crippen MR) is 127 cm³/mol. The highest BCUT2D eigenvalue weighted by molar-refractivity contribution is 5.92. The first-order chi connectivity index (χ1) is 15.2. The molecule has 1 N–H and O–H groups in total. The van der Waals surface area contributed by atoms with Gasteiger partial charge < -0.3 is 0 Å². The molecule has 0 fully saturated rings. The molecule has 1 atom stereocenters. The lowest BCUT2D eigenvalue weighted by atomic mass is 9.97. The lowest BCUT2D eigenvalue weighted by Crippen LogP contribution is -2.43. The van der Waals surface area contributed by atoms with E-state index in [0.717, 1.165) is 22.4 Å². The van der Waals surface area contributed by atoms with Crippen LogP contribution < -0.4 is 10.2 Å². The van der Waals surface area contributed by atoms with Gasteiger partial charge in [-0.05, 0) is 28.8 Å². The van der Waals surface area contributed by atoms with E-state index in [1.165, 1.54) is 0 Å². The van der Waals surface area contributed by atoms with Crippen LogP contribution in [0.4, 0.5) is 5.69 Å². The molecule has 0 saturated heterocycles. The van der Waals surface area contributed by atoms with Crippen molar-refractivity contribution >= 4 is 11.6 Å². The van der Waals surface area contributed by atoms with Crippen molar-refractivity contribution in [2.24, 2.45) is 0 Å². The van der Waals surface area contributed by atoms with Crippen LogP contribution in [0.1, 0.15) is 35.8 Å². The maximum atomic E-state index is 12.9. The quantitative estimate of drug-likeness (QED) is 0.375. The third-order valence-corrected chi connectivity index (χ3v) is 5.34. The van der Waals surface area contributed by atoms with Gasteiger partial charge in [0.05, 0.1) is 6.04 Å². The average Bonchev–Trinajstić information content (AvgIpc) is 2.83. The highest BCUT2D eigenvalue weighted by atomic mass is 16.2. The second-order valence-electron chi connectivity index (χ2n) is 7.46. The average molecular weight is 407 g/mol. The first-order valence-electron chi connectivity index (χ1n) is 10.5. The Morgan fingerprint density at radius 2 is 1.00 bits per heavy atom. The summed E-state index contributed by atoms with van der Waals surface area (Å²) in [7, 11) is 0. The fraction of sp³-hybridized carbons (Fsp3) is 0.107. The van der Waals surface area contributed by atoms with Crippen LogP contribution in [0.25, 0.3) is 0 Å². The molecular formula is C28H26N2O. The Kier molecular flexibility index (Phi) is 6.56. The maximum absolute atomic E-state index is 12.9. The summed E-state index contributed by atoms with van der Waals surface area (Å²) in [4.78, 5) is 14.7. The summed E-state index contributed by atoms with van der Waals surface area (Å²) in [5.41, 5.74) is 4.17. The number of hydrogen-bond acceptors (Lipinski definition) is 2. The third kappa shape index (κ3) is 4.90. The normalized spacial score (nSPS) is 11.8. The lowest BCUT2D eigenvalue weighted by molar-refractivity contribution is -0.117. The van der Waals surface area contributed by atoms with E-state index in [2.05, 4.69) is 41.7 Å². The van der Waals surface area contributed by atoms with Crippen LogP contribution in [-0.2, 0) is 4.79 Å². The van der Waals surface area contributed by atoms with E-state index in [0.29, 0.717) is 0 Å². The number of anilines is 1. The maximum Gasteiger partial charge on any atom is 0.225 e. The van der Waals surface area contributed by atoms with Crippen LogP contribution >= 0.6 is 0 Å². The Balaban J connectivity index is 1.82. The molecule has 0 aromatic heterocycles. The minimum atomic E-state index is -0.341. The zero-order valence-corrected chi connectivity index (χ0v) is 17.6. The fourth-order valence-corrected chi connectivity index (χ4v) is 3.89. The molecule has 0 heterocycles. The molecule has 0 radical (unpaired) electrons. The van der Waals surface area contributed by atoms with Crippen molar-refractivity contribution in [3.63, 3.8) is 0 Å². The molecule has 154 valence electrons. The molecule has 0 aliphatic carbocycles. The third-order valence-electron chi connectivity index (χ3n) is 5.34. The van der Waals surface area contributed by atoms with Gasteiger partial charge in [0.15, 0.2) is 0 Å². The highest BCUT2D eigenvalue weighted by Gasteiger charge is 2.28. The van der Waals surface area contributed by atoms with Gasteiger partial charge >= 0.3 is 0 Å². The molecule has 0 aliphatic heterocycles. The topological polar surface area (TPSA) is 32.3 Å². The van der Waals surface area contributed by atoms with E-state index in [-0.39, 0.29) is 18.1 Å². The summed E-state index contributed by atoms with van der Waals surface area (Å²) in [5, 5.41) is 3.79. The van der Waals surface area contributed by atoms with Crippen molar-refractivity contribution in [2.75, 3.05) is 4.90 Å². The smallest absolute Gasteiger partial charge is 0.225 e. The first-order valence-corrected chi connectivity index (χ1v) is 10.5. The lowest BCUT2D eigenvalue weighted by Gasteiger charge is -2.35. The van der Waals surface area contributed by atoms with E-state index < -0.39 is 0 Å². The van der Waals surface area contributed by atoms with Crippen LogP contribution in [-0.4, -0.2) is 5.91 Å². The van der Waals surface area contributed by atoms with E-state index in [9.17, 15) is 4.79 Å². The van der Waals surface area contributed by atoms with E-state index >= 15 is 0 Å². The van der Waals surface area contributed by atoms with Crippen molar-refractivity contribution in [1.29, 1.82) is 0 Å². The van der Waals surface area contributed by atoms with Gasteiger partial charge in [-0.1, -0.05) is 109 Å². The number of carbonyl (C=O) groups is 1. The van der Waals surface area contributed by atoms with E-state index in [1.54, 1.807) is 6.92 Å². The molecule has 4 rings (SSSR count). The first kappa shape index (κ1) is 20.6. The zero-order chi connectivity index (χ0) is 21.5. The van der Waals surface area contributed by atoms with Gasteiger partial charge in [-0.15, -0.1) is 0 Å². The Bertz CT molecular complexity index is 1040. The minimum absolute atomic E-state index is 0.0209. The minimum Gasteiger partial charge on any atom is -0.292 e. The number of rotatable bonds is 7. The predicted octanol–water partition coefficient (Wildman–Crippen LogP) is 6.12. The Morgan fingerprint density at radius 1 is 0.613 bits per heavy atom. The molecule has 31 heavy (non-hydrogen) atoms. The molecule has 4 aromatic rings. The second-order valence-corrected chi connectivity index (χ2v) is 7.46. The molecule has 1 unspecified atom stereocenters. The number of amides is 1.